The number of hydrogen-bond acceptors (Lipinski definition) is 3. The van der Waals surface area contributed by atoms with E-state index in [1.807, 2.05) is 13.0 Å². The fourth-order valence-corrected chi connectivity index (χ4v) is 1.43. The molecule has 1 rings (SSSR count). The molecule has 0 unspecified atom stereocenters. The quantitative estimate of drug-likeness (QED) is 0.244. The van der Waals surface area contributed by atoms with Crippen LogP contribution in [0.25, 0.3) is 0 Å². The number of rotatable bonds is 5. The number of anilines is 1. The Morgan fingerprint density at radius 2 is 2.28 bits per heavy atom. The van der Waals surface area contributed by atoms with Crippen LogP contribution in [0.2, 0.25) is 0 Å². The van der Waals surface area contributed by atoms with Gasteiger partial charge in [0.15, 0.2) is 0 Å². The zero-order chi connectivity index (χ0) is 13.4. The summed E-state index contributed by atoms with van der Waals surface area (Å²) in [4.78, 5) is 4.18. The number of nitrogens with zero attached hydrogens (tertiary/aromatic N) is 1. The third-order valence-electron chi connectivity index (χ3n) is 2.38. The molecular formula is C12H19FN4O. The average Bonchev–Trinajstić information content (AvgIpc) is 2.36. The van der Waals surface area contributed by atoms with E-state index in [4.69, 9.17) is 10.6 Å². The maximum atomic E-state index is 13.6. The zero-order valence-corrected chi connectivity index (χ0v) is 10.7. The Bertz CT molecular complexity index is 389. The van der Waals surface area contributed by atoms with Crippen molar-refractivity contribution in [1.29, 1.82) is 0 Å². The summed E-state index contributed by atoms with van der Waals surface area (Å²) in [7, 11) is 1.63. The highest BCUT2D eigenvalue weighted by molar-refractivity contribution is 5.93. The van der Waals surface area contributed by atoms with Gasteiger partial charge < -0.3 is 10.1 Å². The van der Waals surface area contributed by atoms with Crippen LogP contribution >= 0.6 is 0 Å². The number of benzene rings is 1. The first-order chi connectivity index (χ1) is 8.69. The molecule has 6 heteroatoms. The van der Waals surface area contributed by atoms with Gasteiger partial charge in [-0.1, -0.05) is 12.1 Å². The average molecular weight is 254 g/mol. The first kappa shape index (κ1) is 14.4. The van der Waals surface area contributed by atoms with Crippen molar-refractivity contribution in [3.05, 3.63) is 29.6 Å². The van der Waals surface area contributed by atoms with Crippen molar-refractivity contribution in [2.75, 3.05) is 25.6 Å². The molecule has 0 atom stereocenters. The van der Waals surface area contributed by atoms with Gasteiger partial charge in [-0.3, -0.25) is 10.4 Å². The van der Waals surface area contributed by atoms with Gasteiger partial charge in [-0.2, -0.15) is 0 Å². The van der Waals surface area contributed by atoms with Crippen LogP contribution in [0.5, 0.6) is 0 Å². The second kappa shape index (κ2) is 7.62. The first-order valence-corrected chi connectivity index (χ1v) is 5.71. The summed E-state index contributed by atoms with van der Waals surface area (Å²) in [6, 6.07) is 4.85. The summed E-state index contributed by atoms with van der Waals surface area (Å²) in [5.41, 5.74) is 3.58. The molecule has 0 spiro atoms. The Balaban J connectivity index is 2.67. The van der Waals surface area contributed by atoms with Crippen molar-refractivity contribution in [2.24, 2.45) is 10.8 Å². The second-order valence-corrected chi connectivity index (χ2v) is 3.78. The van der Waals surface area contributed by atoms with Crippen LogP contribution in [0, 0.1) is 12.7 Å². The van der Waals surface area contributed by atoms with Crippen molar-refractivity contribution in [1.82, 2.24) is 5.43 Å². The first-order valence-electron chi connectivity index (χ1n) is 5.71. The Hall–Kier alpha value is -1.66. The van der Waals surface area contributed by atoms with E-state index in [-0.39, 0.29) is 5.82 Å². The molecule has 1 aromatic carbocycles. The molecule has 0 aromatic heterocycles. The summed E-state index contributed by atoms with van der Waals surface area (Å²) >= 11 is 0. The highest BCUT2D eigenvalue weighted by atomic mass is 19.1. The molecule has 0 aliphatic carbocycles. The number of guanidine groups is 1. The molecule has 18 heavy (non-hydrogen) atoms. The Labute approximate surface area is 106 Å². The summed E-state index contributed by atoms with van der Waals surface area (Å²) < 4.78 is 18.5. The molecule has 0 saturated heterocycles. The van der Waals surface area contributed by atoms with Crippen LogP contribution in [0.15, 0.2) is 23.2 Å². The van der Waals surface area contributed by atoms with Gasteiger partial charge in [0.1, 0.15) is 5.82 Å². The Kier molecular flexibility index (Phi) is 6.10. The monoisotopic (exact) mass is 254 g/mol. The predicted octanol–water partition coefficient (Wildman–Crippen LogP) is 1.40. The number of nitrogens with two attached hydrogens (primary N) is 1. The van der Waals surface area contributed by atoms with Gasteiger partial charge in [-0.15, -0.1) is 0 Å². The standard InChI is InChI=1S/C12H19FN4O/c1-9-5-3-6-10(13)11(9)16-12(17-14)15-7-4-8-18-2/h3,5-6H,4,7-8,14H2,1-2H3,(H2,15,16,17). The maximum Gasteiger partial charge on any atom is 0.210 e. The maximum absolute atomic E-state index is 13.6. The molecule has 1 aromatic rings. The van der Waals surface area contributed by atoms with Crippen molar-refractivity contribution < 1.29 is 9.13 Å². The van der Waals surface area contributed by atoms with E-state index in [9.17, 15) is 4.39 Å². The fraction of sp³-hybridized carbons (Fsp3) is 0.417. The normalized spacial score (nSPS) is 11.4. The van der Waals surface area contributed by atoms with Gasteiger partial charge in [0.05, 0.1) is 5.69 Å². The minimum Gasteiger partial charge on any atom is -0.385 e. The van der Waals surface area contributed by atoms with Crippen molar-refractivity contribution in [3.8, 4) is 0 Å². The van der Waals surface area contributed by atoms with Crippen LogP contribution < -0.4 is 16.6 Å². The number of hydrazine groups is 1. The number of nitrogens with one attached hydrogen (secondary N) is 2. The summed E-state index contributed by atoms with van der Waals surface area (Å²) in [6.07, 6.45) is 0.777. The minimum atomic E-state index is -0.338. The fourth-order valence-electron chi connectivity index (χ4n) is 1.43. The lowest BCUT2D eigenvalue weighted by atomic mass is 10.2. The number of aryl methyl sites for hydroxylation is 1. The van der Waals surface area contributed by atoms with Gasteiger partial charge >= 0.3 is 0 Å². The molecule has 4 N–H and O–H groups in total. The lowest BCUT2D eigenvalue weighted by molar-refractivity contribution is 0.197. The Morgan fingerprint density at radius 3 is 2.89 bits per heavy atom. The number of halogens is 1. The van der Waals surface area contributed by atoms with Crippen LogP contribution in [0.4, 0.5) is 10.1 Å². The third-order valence-corrected chi connectivity index (χ3v) is 2.38. The molecule has 0 radical (unpaired) electrons. The molecular weight excluding hydrogens is 235 g/mol. The van der Waals surface area contributed by atoms with Crippen molar-refractivity contribution in [2.45, 2.75) is 13.3 Å². The topological polar surface area (TPSA) is 71.7 Å². The van der Waals surface area contributed by atoms with Crippen LogP contribution in [0.1, 0.15) is 12.0 Å². The Morgan fingerprint density at radius 1 is 1.50 bits per heavy atom. The van der Waals surface area contributed by atoms with Gasteiger partial charge in [-0.05, 0) is 25.0 Å². The second-order valence-electron chi connectivity index (χ2n) is 3.78. The highest BCUT2D eigenvalue weighted by Crippen LogP contribution is 2.18. The van der Waals surface area contributed by atoms with E-state index in [2.05, 4.69) is 15.7 Å². The summed E-state index contributed by atoms with van der Waals surface area (Å²) in [5, 5.41) is 2.84. The van der Waals surface area contributed by atoms with E-state index in [0.717, 1.165) is 12.0 Å². The van der Waals surface area contributed by atoms with E-state index in [1.54, 1.807) is 13.2 Å². The van der Waals surface area contributed by atoms with Crippen LogP contribution in [-0.2, 0) is 4.74 Å². The minimum absolute atomic E-state index is 0.333. The van der Waals surface area contributed by atoms with E-state index >= 15 is 0 Å². The van der Waals surface area contributed by atoms with Gasteiger partial charge in [0.25, 0.3) is 0 Å². The number of hydrogen-bond donors (Lipinski definition) is 3. The highest BCUT2D eigenvalue weighted by Gasteiger charge is 2.06. The summed E-state index contributed by atoms with van der Waals surface area (Å²) in [5.74, 6) is 5.33. The predicted molar refractivity (Wildman–Crippen MR) is 70.9 cm³/mol. The largest absolute Gasteiger partial charge is 0.385 e. The van der Waals surface area contributed by atoms with Gasteiger partial charge in [0, 0.05) is 20.3 Å². The lowest BCUT2D eigenvalue weighted by Crippen LogP contribution is -2.37. The van der Waals surface area contributed by atoms with Crippen LogP contribution in [0.3, 0.4) is 0 Å². The summed E-state index contributed by atoms with van der Waals surface area (Å²) in [6.45, 7) is 2.98. The third kappa shape index (κ3) is 4.31. The zero-order valence-electron chi connectivity index (χ0n) is 10.7. The van der Waals surface area contributed by atoms with Crippen molar-refractivity contribution in [3.63, 3.8) is 0 Å². The van der Waals surface area contributed by atoms with Gasteiger partial charge in [-0.25, -0.2) is 10.2 Å². The molecule has 0 heterocycles. The molecule has 5 nitrogen and oxygen atoms in total. The lowest BCUT2D eigenvalue weighted by Gasteiger charge is -2.12. The molecule has 0 aliphatic heterocycles. The molecule has 0 amide bonds. The van der Waals surface area contributed by atoms with Gasteiger partial charge in [0.2, 0.25) is 5.96 Å². The number of ether oxygens (including phenoxy) is 1. The molecule has 100 valence electrons. The molecule has 0 bridgehead atoms. The SMILES string of the molecule is COCCCN=C(NN)Nc1c(C)cccc1F. The van der Waals surface area contributed by atoms with E-state index in [1.165, 1.54) is 6.07 Å². The van der Waals surface area contributed by atoms with Crippen LogP contribution in [-0.4, -0.2) is 26.2 Å². The number of methoxy groups -OCH3 is 1. The number of para-hydroxylation sites is 1. The van der Waals surface area contributed by atoms with Crippen molar-refractivity contribution >= 4 is 11.6 Å². The van der Waals surface area contributed by atoms with E-state index < -0.39 is 0 Å². The molecule has 0 fully saturated rings. The molecule has 0 saturated carbocycles. The number of aliphatic imine (C=N–C) groups is 1. The van der Waals surface area contributed by atoms with E-state index in [0.29, 0.717) is 24.8 Å². The molecule has 0 aliphatic rings. The smallest absolute Gasteiger partial charge is 0.210 e.